The second-order valence-corrected chi connectivity index (χ2v) is 9.30. The lowest BCUT2D eigenvalue weighted by molar-refractivity contribution is 0.0643. The van der Waals surface area contributed by atoms with E-state index >= 15 is 0 Å². The summed E-state index contributed by atoms with van der Waals surface area (Å²) in [5, 5.41) is 13.2. The maximum absolute atomic E-state index is 12.8. The van der Waals surface area contributed by atoms with Crippen molar-refractivity contribution in [3.63, 3.8) is 0 Å². The maximum atomic E-state index is 12.8. The van der Waals surface area contributed by atoms with Crippen LogP contribution in [0.5, 0.6) is 6.01 Å². The average molecular weight is 481 g/mol. The van der Waals surface area contributed by atoms with E-state index in [4.69, 9.17) is 9.47 Å². The first-order valence-electron chi connectivity index (χ1n) is 12.3. The Hall–Kier alpha value is -3.24. The van der Waals surface area contributed by atoms with Crippen molar-refractivity contribution in [3.8, 4) is 6.01 Å². The fraction of sp³-hybridized carbons (Fsp3) is 0.520. The van der Waals surface area contributed by atoms with E-state index < -0.39 is 0 Å². The lowest BCUT2D eigenvalue weighted by Crippen LogP contribution is -2.36. The number of rotatable bonds is 8. The number of aliphatic hydroxyl groups is 1. The van der Waals surface area contributed by atoms with Crippen LogP contribution in [-0.4, -0.2) is 76.0 Å². The Balaban J connectivity index is 1.32. The summed E-state index contributed by atoms with van der Waals surface area (Å²) in [6, 6.07) is 5.58. The molecule has 3 aromatic rings. The predicted octanol–water partition coefficient (Wildman–Crippen LogP) is 2.41. The van der Waals surface area contributed by atoms with E-state index in [2.05, 4.69) is 42.4 Å². The van der Waals surface area contributed by atoms with Gasteiger partial charge in [0.2, 0.25) is 0 Å². The molecule has 10 nitrogen and oxygen atoms in total. The van der Waals surface area contributed by atoms with Gasteiger partial charge in [-0.05, 0) is 56.2 Å². The molecule has 2 aliphatic heterocycles. The number of pyridine rings is 1. The number of piperidine rings is 1. The van der Waals surface area contributed by atoms with Gasteiger partial charge in [-0.3, -0.25) is 4.79 Å². The standard InChI is InChI=1S/C25H32N6O4/c1-16(14-32)28-24(33)21-12-22(30-25(29-21)35-15-18-4-3-11-34-18)31-9-6-17(7-10-31)20-13-27-23-19(20)5-2-8-26-23/h2,5,8,12-13,16-18,32H,3-4,6-7,9-11,14-15H2,1H3,(H,26,27)(H,28,33)/t16-,18-/m1/s1. The Labute approximate surface area is 204 Å². The number of hydrogen-bond donors (Lipinski definition) is 3. The molecular formula is C25H32N6O4. The van der Waals surface area contributed by atoms with Gasteiger partial charge in [0.15, 0.2) is 0 Å². The van der Waals surface area contributed by atoms with E-state index in [9.17, 15) is 9.90 Å². The van der Waals surface area contributed by atoms with Gasteiger partial charge in [-0.15, -0.1) is 0 Å². The van der Waals surface area contributed by atoms with Crippen LogP contribution in [0.2, 0.25) is 0 Å². The Kier molecular flexibility index (Phi) is 7.10. The minimum Gasteiger partial charge on any atom is -0.461 e. The maximum Gasteiger partial charge on any atom is 0.319 e. The van der Waals surface area contributed by atoms with Gasteiger partial charge in [-0.2, -0.15) is 9.97 Å². The van der Waals surface area contributed by atoms with Crippen molar-refractivity contribution >= 4 is 22.8 Å². The van der Waals surface area contributed by atoms with Gasteiger partial charge in [0, 0.05) is 49.6 Å². The molecule has 2 atom stereocenters. The van der Waals surface area contributed by atoms with E-state index in [0.29, 0.717) is 18.3 Å². The molecule has 0 radical (unpaired) electrons. The van der Waals surface area contributed by atoms with Gasteiger partial charge in [-0.25, -0.2) is 4.98 Å². The summed E-state index contributed by atoms with van der Waals surface area (Å²) in [4.78, 5) is 31.6. The molecule has 2 aliphatic rings. The Morgan fingerprint density at radius 2 is 2.20 bits per heavy atom. The summed E-state index contributed by atoms with van der Waals surface area (Å²) in [6.45, 7) is 4.28. The number of carbonyl (C=O) groups excluding carboxylic acids is 1. The summed E-state index contributed by atoms with van der Waals surface area (Å²) in [5.41, 5.74) is 2.44. The van der Waals surface area contributed by atoms with Crippen LogP contribution in [0.4, 0.5) is 5.82 Å². The van der Waals surface area contributed by atoms with Crippen LogP contribution in [0, 0.1) is 0 Å². The highest BCUT2D eigenvalue weighted by atomic mass is 16.5. The van der Waals surface area contributed by atoms with E-state index in [-0.39, 0.29) is 36.4 Å². The number of aromatic amines is 1. The summed E-state index contributed by atoms with van der Waals surface area (Å²) in [6.07, 6.45) is 7.77. The number of ether oxygens (including phenoxy) is 2. The molecular weight excluding hydrogens is 448 g/mol. The minimum absolute atomic E-state index is 0.0235. The SMILES string of the molecule is C[C@H](CO)NC(=O)c1cc(N2CCC(c3c[nH]c4ncccc34)CC2)nc(OC[C@H]2CCCO2)n1. The monoisotopic (exact) mass is 480 g/mol. The van der Waals surface area contributed by atoms with Gasteiger partial charge >= 0.3 is 6.01 Å². The number of carbonyl (C=O) groups is 1. The lowest BCUT2D eigenvalue weighted by atomic mass is 9.89. The molecule has 1 amide bonds. The van der Waals surface area contributed by atoms with E-state index in [0.717, 1.165) is 51.0 Å². The zero-order valence-electron chi connectivity index (χ0n) is 19.9. The van der Waals surface area contributed by atoms with Crippen LogP contribution >= 0.6 is 0 Å². The minimum atomic E-state index is -0.376. The third kappa shape index (κ3) is 5.38. The largest absolute Gasteiger partial charge is 0.461 e. The van der Waals surface area contributed by atoms with Gasteiger partial charge in [0.05, 0.1) is 12.7 Å². The third-order valence-electron chi connectivity index (χ3n) is 6.74. The molecule has 0 aromatic carbocycles. The second kappa shape index (κ2) is 10.6. The van der Waals surface area contributed by atoms with Crippen molar-refractivity contribution in [1.29, 1.82) is 0 Å². The molecule has 0 saturated carbocycles. The van der Waals surface area contributed by atoms with Gasteiger partial charge in [0.1, 0.15) is 23.8 Å². The van der Waals surface area contributed by atoms with Gasteiger partial charge < -0.3 is 29.8 Å². The molecule has 5 rings (SSSR count). The van der Waals surface area contributed by atoms with Crippen LogP contribution in [-0.2, 0) is 4.74 Å². The molecule has 2 saturated heterocycles. The molecule has 35 heavy (non-hydrogen) atoms. The zero-order valence-corrected chi connectivity index (χ0v) is 19.9. The molecule has 3 N–H and O–H groups in total. The second-order valence-electron chi connectivity index (χ2n) is 9.30. The van der Waals surface area contributed by atoms with Crippen LogP contribution in [0.25, 0.3) is 11.0 Å². The molecule has 186 valence electrons. The first kappa shape index (κ1) is 23.5. The zero-order chi connectivity index (χ0) is 24.2. The number of hydrogen-bond acceptors (Lipinski definition) is 8. The fourth-order valence-electron chi connectivity index (χ4n) is 4.78. The quantitative estimate of drug-likeness (QED) is 0.449. The number of fused-ring (bicyclic) bond motifs is 1. The average Bonchev–Trinajstić information content (AvgIpc) is 3.57. The number of amides is 1. The topological polar surface area (TPSA) is 125 Å². The number of aliphatic hydroxyl groups excluding tert-OH is 1. The Morgan fingerprint density at radius 1 is 1.34 bits per heavy atom. The normalized spacial score (nSPS) is 19.7. The summed E-state index contributed by atoms with van der Waals surface area (Å²) >= 11 is 0. The summed E-state index contributed by atoms with van der Waals surface area (Å²) < 4.78 is 11.5. The van der Waals surface area contributed by atoms with Crippen molar-refractivity contribution in [2.45, 2.75) is 50.7 Å². The van der Waals surface area contributed by atoms with Crippen molar-refractivity contribution in [2.75, 3.05) is 37.8 Å². The number of nitrogens with zero attached hydrogens (tertiary/aromatic N) is 4. The molecule has 0 spiro atoms. The number of anilines is 1. The molecule has 0 bridgehead atoms. The molecule has 0 aliphatic carbocycles. The molecule has 3 aromatic heterocycles. The Bertz CT molecular complexity index is 1150. The van der Waals surface area contributed by atoms with Crippen molar-refractivity contribution in [2.24, 2.45) is 0 Å². The highest BCUT2D eigenvalue weighted by Gasteiger charge is 2.26. The highest BCUT2D eigenvalue weighted by Crippen LogP contribution is 2.34. The molecule has 0 unspecified atom stereocenters. The summed E-state index contributed by atoms with van der Waals surface area (Å²) in [7, 11) is 0. The highest BCUT2D eigenvalue weighted by molar-refractivity contribution is 5.93. The van der Waals surface area contributed by atoms with Gasteiger partial charge in [0.25, 0.3) is 5.91 Å². The third-order valence-corrected chi connectivity index (χ3v) is 6.74. The van der Waals surface area contributed by atoms with E-state index in [1.54, 1.807) is 19.2 Å². The van der Waals surface area contributed by atoms with Crippen molar-refractivity contribution in [1.82, 2.24) is 25.3 Å². The number of aromatic nitrogens is 4. The van der Waals surface area contributed by atoms with Gasteiger partial charge in [-0.1, -0.05) is 0 Å². The first-order valence-corrected chi connectivity index (χ1v) is 12.3. The van der Waals surface area contributed by atoms with E-state index in [1.165, 1.54) is 10.9 Å². The number of H-pyrrole nitrogens is 1. The van der Waals surface area contributed by atoms with Crippen LogP contribution in [0.1, 0.15) is 54.6 Å². The Morgan fingerprint density at radius 3 is 2.97 bits per heavy atom. The van der Waals surface area contributed by atoms with E-state index in [1.807, 2.05) is 6.07 Å². The van der Waals surface area contributed by atoms with Crippen LogP contribution < -0.4 is 15.0 Å². The summed E-state index contributed by atoms with van der Waals surface area (Å²) in [5.74, 6) is 0.732. The molecule has 2 fully saturated rings. The smallest absolute Gasteiger partial charge is 0.319 e. The first-order chi connectivity index (χ1) is 17.1. The molecule has 10 heteroatoms. The fourth-order valence-corrected chi connectivity index (χ4v) is 4.78. The van der Waals surface area contributed by atoms with Crippen LogP contribution in [0.3, 0.4) is 0 Å². The van der Waals surface area contributed by atoms with Crippen molar-refractivity contribution in [3.05, 3.63) is 41.9 Å². The molecule has 5 heterocycles. The van der Waals surface area contributed by atoms with Crippen LogP contribution in [0.15, 0.2) is 30.6 Å². The number of nitrogens with one attached hydrogen (secondary N) is 2. The predicted molar refractivity (Wildman–Crippen MR) is 131 cm³/mol. The lowest BCUT2D eigenvalue weighted by Gasteiger charge is -2.33. The van der Waals surface area contributed by atoms with Crippen molar-refractivity contribution < 1.29 is 19.4 Å².